The van der Waals surface area contributed by atoms with Crippen LogP contribution in [0.2, 0.25) is 0 Å². The summed E-state index contributed by atoms with van der Waals surface area (Å²) >= 11 is 0. The molecule has 0 unspecified atom stereocenters. The third-order valence-electron chi connectivity index (χ3n) is 4.00. The number of rotatable bonds is 6. The van der Waals surface area contributed by atoms with Crippen LogP contribution in [0, 0.1) is 0 Å². The highest BCUT2D eigenvalue weighted by Gasteiger charge is 2.19. The normalized spacial score (nSPS) is 11.7. The van der Waals surface area contributed by atoms with E-state index in [9.17, 15) is 13.2 Å². The zero-order chi connectivity index (χ0) is 19.6. The van der Waals surface area contributed by atoms with E-state index in [-0.39, 0.29) is 17.0 Å². The Balaban J connectivity index is 1.93. The van der Waals surface area contributed by atoms with E-state index in [1.54, 1.807) is 13.2 Å². The van der Waals surface area contributed by atoms with Gasteiger partial charge in [0.2, 0.25) is 10.0 Å². The van der Waals surface area contributed by atoms with Crippen molar-refractivity contribution in [3.8, 4) is 17.0 Å². The number of ether oxygens (including phenoxy) is 1. The minimum Gasteiger partial charge on any atom is -0.496 e. The predicted octanol–water partition coefficient (Wildman–Crippen LogP) is 1.81. The number of hydrogen-bond acceptors (Lipinski definition) is 6. The summed E-state index contributed by atoms with van der Waals surface area (Å²) in [5, 5.41) is 4.02. The van der Waals surface area contributed by atoms with Crippen LogP contribution in [0.4, 0.5) is 0 Å². The van der Waals surface area contributed by atoms with Crippen molar-refractivity contribution in [2.45, 2.75) is 11.4 Å². The molecule has 0 amide bonds. The fourth-order valence-electron chi connectivity index (χ4n) is 2.53. The second-order valence-electron chi connectivity index (χ2n) is 6.00. The van der Waals surface area contributed by atoms with Gasteiger partial charge in [0.1, 0.15) is 11.4 Å². The molecule has 9 heteroatoms. The molecular formula is C18H19N3O5S. The van der Waals surface area contributed by atoms with Crippen molar-refractivity contribution < 1.29 is 17.7 Å². The summed E-state index contributed by atoms with van der Waals surface area (Å²) in [7, 11) is 0.784. The van der Waals surface area contributed by atoms with Gasteiger partial charge in [-0.1, -0.05) is 17.3 Å². The molecule has 0 aliphatic rings. The van der Waals surface area contributed by atoms with Crippen molar-refractivity contribution in [1.82, 2.24) is 14.0 Å². The smallest absolute Gasteiger partial charge is 0.251 e. The van der Waals surface area contributed by atoms with E-state index in [1.807, 2.05) is 24.3 Å². The first kappa shape index (κ1) is 18.9. The van der Waals surface area contributed by atoms with Crippen molar-refractivity contribution >= 4 is 10.0 Å². The molecule has 0 saturated carbocycles. The molecule has 3 aromatic rings. The molecule has 0 atom stereocenters. The summed E-state index contributed by atoms with van der Waals surface area (Å²) < 4.78 is 37.5. The summed E-state index contributed by atoms with van der Waals surface area (Å²) in [5.41, 5.74) is 0.974. The summed E-state index contributed by atoms with van der Waals surface area (Å²) in [6.07, 6.45) is 1.29. The molecular weight excluding hydrogens is 370 g/mol. The standard InChI is InChI=1S/C18H19N3O5S/c1-20(2)27(23,24)14-8-9-18(22)21(12-14)11-13-10-16(19-26-13)15-6-4-5-7-17(15)25-3/h4-10,12H,11H2,1-3H3. The van der Waals surface area contributed by atoms with E-state index in [1.165, 1.54) is 37.0 Å². The molecule has 8 nitrogen and oxygen atoms in total. The molecule has 2 heterocycles. The predicted molar refractivity (Wildman–Crippen MR) is 99.2 cm³/mol. The molecule has 0 N–H and O–H groups in total. The second-order valence-corrected chi connectivity index (χ2v) is 8.15. The average Bonchev–Trinajstić information content (AvgIpc) is 3.11. The monoisotopic (exact) mass is 389 g/mol. The van der Waals surface area contributed by atoms with Crippen molar-refractivity contribution in [2.75, 3.05) is 21.2 Å². The van der Waals surface area contributed by atoms with Gasteiger partial charge in [-0.15, -0.1) is 0 Å². The molecule has 0 fully saturated rings. The number of methoxy groups -OCH3 is 1. The quantitative estimate of drug-likeness (QED) is 0.638. The second kappa shape index (κ2) is 7.37. The Morgan fingerprint density at radius 1 is 1.19 bits per heavy atom. The zero-order valence-corrected chi connectivity index (χ0v) is 15.9. The third-order valence-corrected chi connectivity index (χ3v) is 5.80. The largest absolute Gasteiger partial charge is 0.496 e. The minimum atomic E-state index is -3.64. The van der Waals surface area contributed by atoms with Crippen LogP contribution in [-0.4, -0.2) is 43.7 Å². The number of aromatic nitrogens is 2. The van der Waals surface area contributed by atoms with Gasteiger partial charge in [0, 0.05) is 38.0 Å². The summed E-state index contributed by atoms with van der Waals surface area (Å²) in [6, 6.07) is 11.5. The molecule has 2 aromatic heterocycles. The minimum absolute atomic E-state index is 0.0246. The van der Waals surface area contributed by atoms with Crippen LogP contribution >= 0.6 is 0 Å². The first-order valence-electron chi connectivity index (χ1n) is 8.05. The average molecular weight is 389 g/mol. The molecule has 0 aliphatic carbocycles. The van der Waals surface area contributed by atoms with Gasteiger partial charge in [0.25, 0.3) is 5.56 Å². The Morgan fingerprint density at radius 2 is 1.93 bits per heavy atom. The van der Waals surface area contributed by atoms with Crippen LogP contribution in [0.1, 0.15) is 5.76 Å². The van der Waals surface area contributed by atoms with Crippen molar-refractivity contribution in [3.05, 3.63) is 64.8 Å². The lowest BCUT2D eigenvalue weighted by Crippen LogP contribution is -2.26. The van der Waals surface area contributed by atoms with Gasteiger partial charge in [0.05, 0.1) is 18.6 Å². The van der Waals surface area contributed by atoms with E-state index in [0.717, 1.165) is 9.87 Å². The van der Waals surface area contributed by atoms with Gasteiger partial charge in [-0.05, 0) is 18.2 Å². The summed E-state index contributed by atoms with van der Waals surface area (Å²) in [4.78, 5) is 12.1. The van der Waals surface area contributed by atoms with E-state index in [0.29, 0.717) is 17.2 Å². The number of benzene rings is 1. The van der Waals surface area contributed by atoms with Crippen LogP contribution in [0.3, 0.4) is 0 Å². The lowest BCUT2D eigenvalue weighted by molar-refractivity contribution is 0.375. The van der Waals surface area contributed by atoms with E-state index < -0.39 is 10.0 Å². The van der Waals surface area contributed by atoms with Crippen LogP contribution in [0.25, 0.3) is 11.3 Å². The number of sulfonamides is 1. The van der Waals surface area contributed by atoms with Crippen molar-refractivity contribution in [2.24, 2.45) is 0 Å². The van der Waals surface area contributed by atoms with Gasteiger partial charge in [-0.25, -0.2) is 12.7 Å². The lowest BCUT2D eigenvalue weighted by atomic mass is 10.1. The van der Waals surface area contributed by atoms with Crippen molar-refractivity contribution in [3.63, 3.8) is 0 Å². The molecule has 1 aromatic carbocycles. The number of para-hydroxylation sites is 1. The van der Waals surface area contributed by atoms with Gasteiger partial charge in [-0.2, -0.15) is 0 Å². The highest BCUT2D eigenvalue weighted by atomic mass is 32.2. The zero-order valence-electron chi connectivity index (χ0n) is 15.1. The first-order chi connectivity index (χ1) is 12.8. The highest BCUT2D eigenvalue weighted by molar-refractivity contribution is 7.89. The highest BCUT2D eigenvalue weighted by Crippen LogP contribution is 2.29. The topological polar surface area (TPSA) is 94.6 Å². The molecule has 27 heavy (non-hydrogen) atoms. The fourth-order valence-corrected chi connectivity index (χ4v) is 3.46. The summed E-state index contributed by atoms with van der Waals surface area (Å²) in [5.74, 6) is 1.06. The van der Waals surface area contributed by atoms with E-state index in [2.05, 4.69) is 5.16 Å². The van der Waals surface area contributed by atoms with E-state index >= 15 is 0 Å². The summed E-state index contributed by atoms with van der Waals surface area (Å²) in [6.45, 7) is 0.0533. The van der Waals surface area contributed by atoms with Crippen LogP contribution in [-0.2, 0) is 16.6 Å². The van der Waals surface area contributed by atoms with Crippen LogP contribution in [0.5, 0.6) is 5.75 Å². The lowest BCUT2D eigenvalue weighted by Gasteiger charge is -2.12. The number of pyridine rings is 1. The van der Waals surface area contributed by atoms with Gasteiger partial charge < -0.3 is 13.8 Å². The SMILES string of the molecule is COc1ccccc1-c1cc(Cn2cc(S(=O)(=O)N(C)C)ccc2=O)on1. The third kappa shape index (κ3) is 3.79. The fraction of sp³-hybridized carbons (Fsp3) is 0.222. The maximum atomic E-state index is 12.3. The number of hydrogen-bond donors (Lipinski definition) is 0. The molecule has 0 bridgehead atoms. The van der Waals surface area contributed by atoms with Gasteiger partial charge in [0.15, 0.2) is 5.76 Å². The molecule has 3 rings (SSSR count). The van der Waals surface area contributed by atoms with Gasteiger partial charge in [-0.3, -0.25) is 4.79 Å². The number of nitrogens with zero attached hydrogens (tertiary/aromatic N) is 3. The Kier molecular flexibility index (Phi) is 5.15. The molecule has 0 aliphatic heterocycles. The Bertz CT molecular complexity index is 1120. The molecule has 0 spiro atoms. The molecule has 142 valence electrons. The maximum absolute atomic E-state index is 12.3. The maximum Gasteiger partial charge on any atom is 0.251 e. The van der Waals surface area contributed by atoms with Crippen LogP contribution < -0.4 is 10.3 Å². The molecule has 0 saturated heterocycles. The Morgan fingerprint density at radius 3 is 2.63 bits per heavy atom. The Hall–Kier alpha value is -2.91. The van der Waals surface area contributed by atoms with Gasteiger partial charge >= 0.3 is 0 Å². The molecule has 0 radical (unpaired) electrons. The van der Waals surface area contributed by atoms with Crippen LogP contribution in [0.15, 0.2) is 62.9 Å². The van der Waals surface area contributed by atoms with Crippen molar-refractivity contribution in [1.29, 1.82) is 0 Å². The van der Waals surface area contributed by atoms with E-state index in [4.69, 9.17) is 9.26 Å². The Labute approximate surface area is 156 Å². The first-order valence-corrected chi connectivity index (χ1v) is 9.49.